The summed E-state index contributed by atoms with van der Waals surface area (Å²) in [6.07, 6.45) is 3.17. The summed E-state index contributed by atoms with van der Waals surface area (Å²) in [7, 11) is 0. The van der Waals surface area contributed by atoms with Crippen LogP contribution in [0.2, 0.25) is 0 Å². The van der Waals surface area contributed by atoms with Gasteiger partial charge in [-0.2, -0.15) is 0 Å². The monoisotopic (exact) mass is 267 g/mol. The van der Waals surface area contributed by atoms with Gasteiger partial charge in [-0.05, 0) is 5.92 Å². The SMILES string of the molecule is CCC(C)C1CN(CC(C)c2nccs2)CCN1. The van der Waals surface area contributed by atoms with Crippen molar-refractivity contribution in [3.05, 3.63) is 16.6 Å². The average molecular weight is 267 g/mol. The van der Waals surface area contributed by atoms with Gasteiger partial charge in [0.15, 0.2) is 0 Å². The van der Waals surface area contributed by atoms with Crippen molar-refractivity contribution in [2.24, 2.45) is 5.92 Å². The Morgan fingerprint density at radius 2 is 2.39 bits per heavy atom. The van der Waals surface area contributed by atoms with Crippen LogP contribution < -0.4 is 5.32 Å². The van der Waals surface area contributed by atoms with Crippen molar-refractivity contribution in [3.63, 3.8) is 0 Å². The van der Waals surface area contributed by atoms with E-state index in [4.69, 9.17) is 0 Å². The molecule has 0 aromatic carbocycles. The molecular formula is C14H25N3S. The first-order valence-corrected chi connectivity index (χ1v) is 7.93. The van der Waals surface area contributed by atoms with E-state index in [1.165, 1.54) is 24.5 Å². The van der Waals surface area contributed by atoms with E-state index in [1.54, 1.807) is 11.3 Å². The molecule has 0 saturated carbocycles. The van der Waals surface area contributed by atoms with Gasteiger partial charge in [0.2, 0.25) is 0 Å². The number of nitrogens with zero attached hydrogens (tertiary/aromatic N) is 2. The molecule has 1 aromatic heterocycles. The van der Waals surface area contributed by atoms with Crippen LogP contribution in [0.3, 0.4) is 0 Å². The topological polar surface area (TPSA) is 28.2 Å². The summed E-state index contributed by atoms with van der Waals surface area (Å²) in [6.45, 7) is 11.5. The Morgan fingerprint density at radius 3 is 3.06 bits per heavy atom. The highest BCUT2D eigenvalue weighted by Crippen LogP contribution is 2.20. The van der Waals surface area contributed by atoms with Gasteiger partial charge in [0.05, 0.1) is 5.01 Å². The van der Waals surface area contributed by atoms with Gasteiger partial charge in [-0.1, -0.05) is 27.2 Å². The number of hydrogen-bond acceptors (Lipinski definition) is 4. The number of nitrogens with one attached hydrogen (secondary N) is 1. The summed E-state index contributed by atoms with van der Waals surface area (Å²) in [5.74, 6) is 1.32. The zero-order valence-electron chi connectivity index (χ0n) is 11.7. The third-order valence-corrected chi connectivity index (χ3v) is 5.03. The number of thiazole rings is 1. The summed E-state index contributed by atoms with van der Waals surface area (Å²) < 4.78 is 0. The minimum absolute atomic E-state index is 0.556. The van der Waals surface area contributed by atoms with Crippen molar-refractivity contribution in [2.45, 2.75) is 39.2 Å². The van der Waals surface area contributed by atoms with E-state index in [0.717, 1.165) is 19.0 Å². The van der Waals surface area contributed by atoms with E-state index >= 15 is 0 Å². The van der Waals surface area contributed by atoms with Crippen LogP contribution >= 0.6 is 11.3 Å². The van der Waals surface area contributed by atoms with Gasteiger partial charge in [0.25, 0.3) is 0 Å². The fraction of sp³-hybridized carbons (Fsp3) is 0.786. The van der Waals surface area contributed by atoms with E-state index in [-0.39, 0.29) is 0 Å². The summed E-state index contributed by atoms with van der Waals surface area (Å²) >= 11 is 1.78. The number of piperazine rings is 1. The van der Waals surface area contributed by atoms with Crippen molar-refractivity contribution < 1.29 is 0 Å². The Bertz CT molecular complexity index is 339. The molecule has 2 heterocycles. The van der Waals surface area contributed by atoms with Crippen LogP contribution in [-0.4, -0.2) is 42.1 Å². The lowest BCUT2D eigenvalue weighted by Crippen LogP contribution is -2.53. The van der Waals surface area contributed by atoms with Crippen LogP contribution in [0, 0.1) is 5.92 Å². The molecule has 1 aliphatic heterocycles. The van der Waals surface area contributed by atoms with Crippen molar-refractivity contribution in [3.8, 4) is 0 Å². The smallest absolute Gasteiger partial charge is 0.0965 e. The molecule has 2 rings (SSSR count). The highest BCUT2D eigenvalue weighted by atomic mass is 32.1. The van der Waals surface area contributed by atoms with Crippen molar-refractivity contribution in [1.82, 2.24) is 15.2 Å². The maximum absolute atomic E-state index is 4.43. The minimum Gasteiger partial charge on any atom is -0.311 e. The molecule has 1 aromatic rings. The molecule has 0 aliphatic carbocycles. The normalized spacial score (nSPS) is 24.9. The maximum atomic E-state index is 4.43. The molecule has 0 radical (unpaired) electrons. The fourth-order valence-corrected chi connectivity index (χ4v) is 3.31. The van der Waals surface area contributed by atoms with Crippen LogP contribution in [0.5, 0.6) is 0 Å². The zero-order valence-corrected chi connectivity index (χ0v) is 12.5. The Morgan fingerprint density at radius 1 is 1.56 bits per heavy atom. The molecule has 1 fully saturated rings. The summed E-state index contributed by atoms with van der Waals surface area (Å²) in [6, 6.07) is 0.659. The zero-order chi connectivity index (χ0) is 13.0. The van der Waals surface area contributed by atoms with E-state index in [2.05, 4.69) is 41.4 Å². The van der Waals surface area contributed by atoms with Gasteiger partial charge in [-0.15, -0.1) is 11.3 Å². The lowest BCUT2D eigenvalue weighted by molar-refractivity contribution is 0.162. The second-order valence-electron chi connectivity index (χ2n) is 5.48. The third-order valence-electron chi connectivity index (χ3n) is 4.03. The Kier molecular flexibility index (Phi) is 5.15. The number of rotatable bonds is 5. The van der Waals surface area contributed by atoms with Gasteiger partial charge in [-0.25, -0.2) is 4.98 Å². The Labute approximate surface area is 115 Å². The Hall–Kier alpha value is -0.450. The van der Waals surface area contributed by atoms with E-state index in [0.29, 0.717) is 12.0 Å². The molecule has 0 amide bonds. The van der Waals surface area contributed by atoms with Gasteiger partial charge < -0.3 is 5.32 Å². The fourth-order valence-electron chi connectivity index (χ4n) is 2.62. The number of hydrogen-bond donors (Lipinski definition) is 1. The van der Waals surface area contributed by atoms with Gasteiger partial charge in [0, 0.05) is 49.7 Å². The third kappa shape index (κ3) is 3.53. The second kappa shape index (κ2) is 6.64. The molecule has 3 unspecified atom stereocenters. The van der Waals surface area contributed by atoms with E-state index < -0.39 is 0 Å². The van der Waals surface area contributed by atoms with Crippen LogP contribution in [-0.2, 0) is 0 Å². The Balaban J connectivity index is 1.86. The highest BCUT2D eigenvalue weighted by Gasteiger charge is 2.24. The first-order valence-electron chi connectivity index (χ1n) is 7.05. The second-order valence-corrected chi connectivity index (χ2v) is 6.40. The summed E-state index contributed by atoms with van der Waals surface area (Å²) in [4.78, 5) is 7.02. The molecule has 1 saturated heterocycles. The van der Waals surface area contributed by atoms with Crippen LogP contribution in [0.4, 0.5) is 0 Å². The van der Waals surface area contributed by atoms with Crippen molar-refractivity contribution >= 4 is 11.3 Å². The van der Waals surface area contributed by atoms with Gasteiger partial charge in [0.1, 0.15) is 0 Å². The molecule has 1 aliphatic rings. The lowest BCUT2D eigenvalue weighted by Gasteiger charge is -2.37. The predicted octanol–water partition coefficient (Wildman–Crippen LogP) is 2.57. The van der Waals surface area contributed by atoms with Crippen molar-refractivity contribution in [1.29, 1.82) is 0 Å². The first-order chi connectivity index (χ1) is 8.70. The predicted molar refractivity (Wildman–Crippen MR) is 78.2 cm³/mol. The lowest BCUT2D eigenvalue weighted by atomic mass is 9.97. The van der Waals surface area contributed by atoms with Crippen molar-refractivity contribution in [2.75, 3.05) is 26.2 Å². The molecule has 0 spiro atoms. The quantitative estimate of drug-likeness (QED) is 0.889. The standard InChI is InChI=1S/C14H25N3S/c1-4-11(2)13-10-17(7-5-15-13)9-12(3)14-16-6-8-18-14/h6,8,11-13,15H,4-5,7,9-10H2,1-3H3. The molecule has 0 bridgehead atoms. The molecule has 3 nitrogen and oxygen atoms in total. The maximum Gasteiger partial charge on any atom is 0.0965 e. The summed E-state index contributed by atoms with van der Waals surface area (Å²) in [5.41, 5.74) is 0. The highest BCUT2D eigenvalue weighted by molar-refractivity contribution is 7.09. The average Bonchev–Trinajstić information content (AvgIpc) is 2.92. The molecule has 4 heteroatoms. The van der Waals surface area contributed by atoms with E-state index in [1.807, 2.05) is 6.20 Å². The number of aromatic nitrogens is 1. The minimum atomic E-state index is 0.556. The van der Waals surface area contributed by atoms with Crippen LogP contribution in [0.15, 0.2) is 11.6 Å². The molecule has 1 N–H and O–H groups in total. The molecule has 102 valence electrons. The van der Waals surface area contributed by atoms with Gasteiger partial charge in [-0.3, -0.25) is 4.90 Å². The summed E-state index contributed by atoms with van der Waals surface area (Å²) in [5, 5.41) is 7.00. The van der Waals surface area contributed by atoms with Crippen LogP contribution in [0.25, 0.3) is 0 Å². The molecular weight excluding hydrogens is 242 g/mol. The van der Waals surface area contributed by atoms with Gasteiger partial charge >= 0.3 is 0 Å². The molecule has 3 atom stereocenters. The largest absolute Gasteiger partial charge is 0.311 e. The van der Waals surface area contributed by atoms with Crippen LogP contribution in [0.1, 0.15) is 38.1 Å². The molecule has 18 heavy (non-hydrogen) atoms. The first kappa shape index (κ1) is 14.0. The van der Waals surface area contributed by atoms with E-state index in [9.17, 15) is 0 Å².